The van der Waals surface area contributed by atoms with Crippen LogP contribution in [-0.2, 0) is 10.7 Å². The van der Waals surface area contributed by atoms with Crippen molar-refractivity contribution in [3.8, 4) is 0 Å². The van der Waals surface area contributed by atoms with Crippen molar-refractivity contribution in [1.82, 2.24) is 0 Å². The molecule has 6 heteroatoms. The van der Waals surface area contributed by atoms with Crippen LogP contribution < -0.4 is 11.1 Å². The Labute approximate surface area is 95.4 Å². The first-order valence-electron chi connectivity index (χ1n) is 4.68. The molecule has 86 valence electrons. The summed E-state index contributed by atoms with van der Waals surface area (Å²) in [5, 5.41) is 2.56. The van der Waals surface area contributed by atoms with Gasteiger partial charge in [-0.3, -0.25) is 4.79 Å². The molecule has 1 aliphatic rings. The SMILES string of the molecule is NCC(F)(F)c1ccc2c(c1)NC(=O)CS2. The minimum absolute atomic E-state index is 0.170. The summed E-state index contributed by atoms with van der Waals surface area (Å²) < 4.78 is 26.6. The standard InChI is InChI=1S/C10H10F2N2OS/c11-10(12,5-13)6-1-2-8-7(3-6)14-9(15)4-16-8/h1-3H,4-5,13H2,(H,14,15). The normalized spacial score (nSPS) is 15.6. The number of anilines is 1. The molecule has 0 bridgehead atoms. The first kappa shape index (κ1) is 11.3. The van der Waals surface area contributed by atoms with Gasteiger partial charge in [0, 0.05) is 10.5 Å². The Morgan fingerprint density at radius 2 is 2.25 bits per heavy atom. The smallest absolute Gasteiger partial charge is 0.285 e. The van der Waals surface area contributed by atoms with Crippen LogP contribution in [0.15, 0.2) is 23.1 Å². The molecule has 0 saturated carbocycles. The van der Waals surface area contributed by atoms with Gasteiger partial charge in [-0.25, -0.2) is 0 Å². The Hall–Kier alpha value is -1.14. The second-order valence-electron chi connectivity index (χ2n) is 3.46. The highest BCUT2D eigenvalue weighted by Gasteiger charge is 2.30. The lowest BCUT2D eigenvalue weighted by Gasteiger charge is -2.20. The summed E-state index contributed by atoms with van der Waals surface area (Å²) in [5.41, 5.74) is 5.27. The third kappa shape index (κ3) is 2.03. The van der Waals surface area contributed by atoms with Crippen LogP contribution in [-0.4, -0.2) is 18.2 Å². The van der Waals surface area contributed by atoms with Gasteiger partial charge in [-0.05, 0) is 12.1 Å². The molecule has 1 amide bonds. The first-order chi connectivity index (χ1) is 7.53. The maximum atomic E-state index is 13.3. The fourth-order valence-electron chi connectivity index (χ4n) is 1.43. The van der Waals surface area contributed by atoms with Gasteiger partial charge in [0.15, 0.2) is 0 Å². The van der Waals surface area contributed by atoms with Crippen LogP contribution in [0.3, 0.4) is 0 Å². The molecule has 0 aliphatic carbocycles. The molecule has 1 heterocycles. The van der Waals surface area contributed by atoms with E-state index < -0.39 is 12.5 Å². The van der Waals surface area contributed by atoms with E-state index in [2.05, 4.69) is 5.32 Å². The number of rotatable bonds is 2. The van der Waals surface area contributed by atoms with E-state index >= 15 is 0 Å². The Morgan fingerprint density at radius 3 is 2.94 bits per heavy atom. The number of hydrogen-bond acceptors (Lipinski definition) is 3. The molecule has 3 N–H and O–H groups in total. The predicted molar refractivity (Wildman–Crippen MR) is 58.7 cm³/mol. The quantitative estimate of drug-likeness (QED) is 0.833. The lowest BCUT2D eigenvalue weighted by Crippen LogP contribution is -2.26. The molecule has 0 atom stereocenters. The van der Waals surface area contributed by atoms with E-state index in [1.54, 1.807) is 6.07 Å². The summed E-state index contributed by atoms with van der Waals surface area (Å²) >= 11 is 1.34. The average Bonchev–Trinajstić information content (AvgIpc) is 2.28. The lowest BCUT2D eigenvalue weighted by atomic mass is 10.1. The maximum Gasteiger partial charge on any atom is 0.285 e. The van der Waals surface area contributed by atoms with Crippen molar-refractivity contribution in [2.75, 3.05) is 17.6 Å². The van der Waals surface area contributed by atoms with Crippen LogP contribution in [0.2, 0.25) is 0 Å². The molecule has 0 saturated heterocycles. The van der Waals surface area contributed by atoms with Gasteiger partial charge in [0.1, 0.15) is 0 Å². The highest BCUT2D eigenvalue weighted by atomic mass is 32.2. The van der Waals surface area contributed by atoms with Crippen molar-refractivity contribution in [2.45, 2.75) is 10.8 Å². The van der Waals surface area contributed by atoms with Gasteiger partial charge in [0.25, 0.3) is 5.92 Å². The largest absolute Gasteiger partial charge is 0.325 e. The highest BCUT2D eigenvalue weighted by molar-refractivity contribution is 8.00. The molecule has 1 aliphatic heterocycles. The van der Waals surface area contributed by atoms with Crippen LogP contribution in [0, 0.1) is 0 Å². The number of carbonyl (C=O) groups is 1. The zero-order chi connectivity index (χ0) is 11.8. The fourth-order valence-corrected chi connectivity index (χ4v) is 2.22. The van der Waals surface area contributed by atoms with Gasteiger partial charge >= 0.3 is 0 Å². The molecule has 16 heavy (non-hydrogen) atoms. The van der Waals surface area contributed by atoms with Crippen molar-refractivity contribution >= 4 is 23.4 Å². The number of nitrogens with two attached hydrogens (primary N) is 1. The van der Waals surface area contributed by atoms with Crippen LogP contribution in [0.5, 0.6) is 0 Å². The maximum absolute atomic E-state index is 13.3. The van der Waals surface area contributed by atoms with E-state index in [0.717, 1.165) is 4.90 Å². The number of thioether (sulfide) groups is 1. The number of benzene rings is 1. The van der Waals surface area contributed by atoms with E-state index in [-0.39, 0.29) is 11.5 Å². The van der Waals surface area contributed by atoms with E-state index in [4.69, 9.17) is 5.73 Å². The number of hydrogen-bond donors (Lipinski definition) is 2. The lowest BCUT2D eigenvalue weighted by molar-refractivity contribution is -0.113. The molecule has 1 aromatic carbocycles. The van der Waals surface area contributed by atoms with Gasteiger partial charge in [-0.2, -0.15) is 8.78 Å². The average molecular weight is 244 g/mol. The molecule has 3 nitrogen and oxygen atoms in total. The third-order valence-electron chi connectivity index (χ3n) is 2.29. The topological polar surface area (TPSA) is 55.1 Å². The number of alkyl halides is 2. The predicted octanol–water partition coefficient (Wildman–Crippen LogP) is 1.78. The number of amides is 1. The van der Waals surface area contributed by atoms with Gasteiger partial charge in [-0.15, -0.1) is 11.8 Å². The van der Waals surface area contributed by atoms with E-state index in [0.29, 0.717) is 11.4 Å². The Kier molecular flexibility index (Phi) is 2.86. The number of nitrogens with one attached hydrogen (secondary N) is 1. The van der Waals surface area contributed by atoms with Crippen LogP contribution in [0.4, 0.5) is 14.5 Å². The second-order valence-corrected chi connectivity index (χ2v) is 4.47. The molecule has 0 fully saturated rings. The first-order valence-corrected chi connectivity index (χ1v) is 5.66. The van der Waals surface area contributed by atoms with Crippen LogP contribution in [0.25, 0.3) is 0 Å². The van der Waals surface area contributed by atoms with Crippen LogP contribution >= 0.6 is 11.8 Å². The summed E-state index contributed by atoms with van der Waals surface area (Å²) in [6, 6.07) is 4.21. The number of halogens is 2. The van der Waals surface area contributed by atoms with E-state index in [9.17, 15) is 13.6 Å². The molecule has 0 radical (unpaired) electrons. The van der Waals surface area contributed by atoms with Gasteiger partial charge in [-0.1, -0.05) is 6.07 Å². The van der Waals surface area contributed by atoms with Crippen molar-refractivity contribution in [3.63, 3.8) is 0 Å². The molecular weight excluding hydrogens is 234 g/mol. The molecule has 0 aromatic heterocycles. The number of carbonyl (C=O) groups excluding carboxylic acids is 1. The molecule has 1 aromatic rings. The van der Waals surface area contributed by atoms with Crippen molar-refractivity contribution in [2.24, 2.45) is 5.73 Å². The van der Waals surface area contributed by atoms with E-state index in [1.807, 2.05) is 0 Å². The summed E-state index contributed by atoms with van der Waals surface area (Å²) in [4.78, 5) is 11.9. The van der Waals surface area contributed by atoms with Gasteiger partial charge < -0.3 is 11.1 Å². The van der Waals surface area contributed by atoms with Crippen molar-refractivity contribution in [1.29, 1.82) is 0 Å². The zero-order valence-electron chi connectivity index (χ0n) is 8.30. The Balaban J connectivity index is 2.38. The van der Waals surface area contributed by atoms with Crippen LogP contribution in [0.1, 0.15) is 5.56 Å². The third-order valence-corrected chi connectivity index (χ3v) is 3.36. The summed E-state index contributed by atoms with van der Waals surface area (Å²) in [5.74, 6) is -2.91. The Morgan fingerprint density at radius 1 is 1.50 bits per heavy atom. The molecular formula is C10H10F2N2OS. The molecule has 0 spiro atoms. The molecule has 0 unspecified atom stereocenters. The summed E-state index contributed by atoms with van der Waals surface area (Å²) in [7, 11) is 0. The fraction of sp³-hybridized carbons (Fsp3) is 0.300. The minimum atomic E-state index is -3.05. The van der Waals surface area contributed by atoms with Crippen molar-refractivity contribution in [3.05, 3.63) is 23.8 Å². The second kappa shape index (κ2) is 4.03. The van der Waals surface area contributed by atoms with Crippen molar-refractivity contribution < 1.29 is 13.6 Å². The zero-order valence-corrected chi connectivity index (χ0v) is 9.11. The van der Waals surface area contributed by atoms with Gasteiger partial charge in [0.2, 0.25) is 5.91 Å². The summed E-state index contributed by atoms with van der Waals surface area (Å²) in [6.45, 7) is -0.743. The monoisotopic (exact) mass is 244 g/mol. The van der Waals surface area contributed by atoms with Gasteiger partial charge in [0.05, 0.1) is 18.0 Å². The Bertz CT molecular complexity index is 437. The number of fused-ring (bicyclic) bond motifs is 1. The molecule has 2 rings (SSSR count). The summed E-state index contributed by atoms with van der Waals surface area (Å²) in [6.07, 6.45) is 0. The van der Waals surface area contributed by atoms with E-state index in [1.165, 1.54) is 23.9 Å². The minimum Gasteiger partial charge on any atom is -0.325 e. The highest BCUT2D eigenvalue weighted by Crippen LogP contribution is 2.36.